The molecule has 0 radical (unpaired) electrons. The lowest BCUT2D eigenvalue weighted by Crippen LogP contribution is -2.36. The maximum Gasteiger partial charge on any atom is 0.432 e. The third kappa shape index (κ3) is 3.42. The zero-order valence-corrected chi connectivity index (χ0v) is 16.6. The van der Waals surface area contributed by atoms with Gasteiger partial charge in [0.1, 0.15) is 11.4 Å². The summed E-state index contributed by atoms with van der Waals surface area (Å²) in [6.07, 6.45) is -4.19. The fourth-order valence-electron chi connectivity index (χ4n) is 3.45. The van der Waals surface area contributed by atoms with Crippen LogP contribution < -0.4 is 0 Å². The molecule has 0 unspecified atom stereocenters. The molecule has 162 valence electrons. The van der Waals surface area contributed by atoms with E-state index in [9.17, 15) is 26.7 Å². The van der Waals surface area contributed by atoms with Gasteiger partial charge in [-0.2, -0.15) is 27.7 Å². The van der Waals surface area contributed by atoms with Gasteiger partial charge in [-0.25, -0.2) is 8.42 Å². The molecular formula is C17H18F3N5O4S. The molecule has 3 aromatic heterocycles. The van der Waals surface area contributed by atoms with Gasteiger partial charge in [-0.05, 0) is 25.1 Å². The third-order valence-corrected chi connectivity index (χ3v) is 6.66. The second-order valence-corrected chi connectivity index (χ2v) is 8.59. The number of rotatable bonds is 5. The van der Waals surface area contributed by atoms with E-state index >= 15 is 0 Å². The normalized spacial score (nSPS) is 15.5. The van der Waals surface area contributed by atoms with Crippen molar-refractivity contribution in [2.75, 3.05) is 6.54 Å². The second kappa shape index (κ2) is 7.25. The van der Waals surface area contributed by atoms with E-state index in [1.165, 1.54) is 16.4 Å². The lowest BCUT2D eigenvalue weighted by atomic mass is 10.1. The number of alkyl halides is 3. The Balaban J connectivity index is 1.61. The van der Waals surface area contributed by atoms with E-state index < -0.39 is 27.0 Å². The molecule has 0 fully saturated rings. The monoisotopic (exact) mass is 445 g/mol. The van der Waals surface area contributed by atoms with Gasteiger partial charge in [0, 0.05) is 37.3 Å². The van der Waals surface area contributed by atoms with Crippen LogP contribution in [0.1, 0.15) is 29.6 Å². The quantitative estimate of drug-likeness (QED) is 0.622. The van der Waals surface area contributed by atoms with E-state index in [1.807, 2.05) is 12.0 Å². The van der Waals surface area contributed by atoms with Crippen LogP contribution >= 0.6 is 0 Å². The van der Waals surface area contributed by atoms with Crippen LogP contribution in [0.4, 0.5) is 13.2 Å². The lowest BCUT2D eigenvalue weighted by molar-refractivity contribution is -0.141. The van der Waals surface area contributed by atoms with E-state index in [0.717, 1.165) is 11.8 Å². The fourth-order valence-corrected chi connectivity index (χ4v) is 4.77. The first kappa shape index (κ1) is 20.6. The summed E-state index contributed by atoms with van der Waals surface area (Å²) < 4.78 is 72.5. The standard InChI is InChI=1S/C17H18F3N5O4S/c1-2-25-13-5-6-24(8-10(13)12(9-26)23-25)30(27,28)16-4-3-14(29-16)11-7-15(22-21-11)17(18,19)20/h3-4,7,26H,2,5-6,8-9H2,1H3,(H,21,22). The van der Waals surface area contributed by atoms with Crippen LogP contribution in [0.5, 0.6) is 0 Å². The molecule has 30 heavy (non-hydrogen) atoms. The van der Waals surface area contributed by atoms with Gasteiger partial charge in [-0.1, -0.05) is 0 Å². The number of hydrogen-bond acceptors (Lipinski definition) is 6. The highest BCUT2D eigenvalue weighted by Gasteiger charge is 2.35. The van der Waals surface area contributed by atoms with E-state index in [4.69, 9.17) is 4.42 Å². The number of hydrogen-bond donors (Lipinski definition) is 2. The van der Waals surface area contributed by atoms with E-state index in [2.05, 4.69) is 10.2 Å². The molecule has 4 heterocycles. The summed E-state index contributed by atoms with van der Waals surface area (Å²) in [4.78, 5) is 0. The van der Waals surface area contributed by atoms with Crippen LogP contribution in [0, 0.1) is 0 Å². The Hall–Kier alpha value is -2.64. The molecule has 0 saturated carbocycles. The first-order valence-corrected chi connectivity index (χ1v) is 10.5. The minimum atomic E-state index is -4.61. The molecule has 3 aromatic rings. The summed E-state index contributed by atoms with van der Waals surface area (Å²) >= 11 is 0. The first-order chi connectivity index (χ1) is 14.1. The molecule has 13 heteroatoms. The van der Waals surface area contributed by atoms with Gasteiger partial charge >= 0.3 is 6.18 Å². The summed E-state index contributed by atoms with van der Waals surface area (Å²) in [5.41, 5.74) is 0.735. The molecule has 0 aromatic carbocycles. The van der Waals surface area contributed by atoms with E-state index in [-0.39, 0.29) is 31.2 Å². The summed E-state index contributed by atoms with van der Waals surface area (Å²) in [5.74, 6) is -0.104. The predicted octanol–water partition coefficient (Wildman–Crippen LogP) is 2.14. The predicted molar refractivity (Wildman–Crippen MR) is 96.4 cm³/mol. The van der Waals surface area contributed by atoms with Crippen molar-refractivity contribution < 1.29 is 31.1 Å². The molecule has 0 bridgehead atoms. The average Bonchev–Trinajstić information content (AvgIpc) is 3.44. The topological polar surface area (TPSA) is 117 Å². The van der Waals surface area contributed by atoms with Gasteiger partial charge < -0.3 is 9.52 Å². The highest BCUT2D eigenvalue weighted by molar-refractivity contribution is 7.89. The number of H-pyrrole nitrogens is 1. The molecule has 4 rings (SSSR count). The molecule has 0 saturated heterocycles. The van der Waals surface area contributed by atoms with Crippen LogP contribution in [-0.2, 0) is 42.3 Å². The molecule has 0 amide bonds. The van der Waals surface area contributed by atoms with Crippen molar-refractivity contribution in [2.24, 2.45) is 0 Å². The number of aliphatic hydroxyl groups excluding tert-OH is 1. The lowest BCUT2D eigenvalue weighted by Gasteiger charge is -2.26. The summed E-state index contributed by atoms with van der Waals surface area (Å²) in [6, 6.07) is 3.19. The molecule has 0 atom stereocenters. The molecular weight excluding hydrogens is 427 g/mol. The number of nitrogens with zero attached hydrogens (tertiary/aromatic N) is 4. The Morgan fingerprint density at radius 3 is 2.73 bits per heavy atom. The van der Waals surface area contributed by atoms with Crippen molar-refractivity contribution in [3.8, 4) is 11.5 Å². The van der Waals surface area contributed by atoms with Gasteiger partial charge in [0.2, 0.25) is 5.09 Å². The van der Waals surface area contributed by atoms with Crippen LogP contribution in [0.3, 0.4) is 0 Å². The minimum Gasteiger partial charge on any atom is -0.442 e. The first-order valence-electron chi connectivity index (χ1n) is 9.06. The number of fused-ring (bicyclic) bond motifs is 1. The number of furan rings is 1. The zero-order chi connectivity index (χ0) is 21.7. The van der Waals surface area contributed by atoms with Gasteiger partial charge in [0.15, 0.2) is 5.76 Å². The minimum absolute atomic E-state index is 0.0181. The van der Waals surface area contributed by atoms with E-state index in [1.54, 1.807) is 4.68 Å². The smallest absolute Gasteiger partial charge is 0.432 e. The maximum absolute atomic E-state index is 13.0. The number of aromatic amines is 1. The molecule has 0 aliphatic carbocycles. The van der Waals surface area contributed by atoms with Crippen molar-refractivity contribution in [3.63, 3.8) is 0 Å². The Bertz CT molecular complexity index is 1180. The Kier molecular flexibility index (Phi) is 4.98. The van der Waals surface area contributed by atoms with Crippen LogP contribution in [0.25, 0.3) is 11.5 Å². The van der Waals surface area contributed by atoms with Gasteiger partial charge in [-0.15, -0.1) is 0 Å². The fraction of sp³-hybridized carbons (Fsp3) is 0.412. The molecule has 2 N–H and O–H groups in total. The SMILES string of the molecule is CCn1nc(CO)c2c1CCN(S(=O)(=O)c1ccc(-c3cc(C(F)(F)F)[nH]n3)o1)C2. The highest BCUT2D eigenvalue weighted by atomic mass is 32.2. The third-order valence-electron chi connectivity index (χ3n) is 4.94. The second-order valence-electron chi connectivity index (χ2n) is 6.72. The number of halogens is 3. The van der Waals surface area contributed by atoms with Crippen LogP contribution in [0.2, 0.25) is 0 Å². The van der Waals surface area contributed by atoms with Crippen molar-refractivity contribution >= 4 is 10.0 Å². The van der Waals surface area contributed by atoms with Crippen molar-refractivity contribution in [1.29, 1.82) is 0 Å². The number of nitrogens with one attached hydrogen (secondary N) is 1. The zero-order valence-electron chi connectivity index (χ0n) is 15.8. The van der Waals surface area contributed by atoms with Gasteiger partial charge in [0.25, 0.3) is 10.0 Å². The summed E-state index contributed by atoms with van der Waals surface area (Å²) in [7, 11) is -4.05. The van der Waals surface area contributed by atoms with Crippen molar-refractivity contribution in [1.82, 2.24) is 24.3 Å². The maximum atomic E-state index is 13.0. The summed E-state index contributed by atoms with van der Waals surface area (Å²) in [5, 5.41) is 18.8. The number of aliphatic hydroxyl groups is 1. The van der Waals surface area contributed by atoms with Crippen LogP contribution in [-0.4, -0.2) is 44.4 Å². The van der Waals surface area contributed by atoms with Gasteiger partial charge in [-0.3, -0.25) is 9.78 Å². The van der Waals surface area contributed by atoms with E-state index in [0.29, 0.717) is 24.2 Å². The molecule has 9 nitrogen and oxygen atoms in total. The highest BCUT2D eigenvalue weighted by Crippen LogP contribution is 2.33. The summed E-state index contributed by atoms with van der Waals surface area (Å²) in [6.45, 7) is 2.39. The molecule has 0 spiro atoms. The average molecular weight is 445 g/mol. The van der Waals surface area contributed by atoms with Crippen molar-refractivity contribution in [3.05, 3.63) is 40.8 Å². The largest absolute Gasteiger partial charge is 0.442 e. The van der Waals surface area contributed by atoms with Crippen LogP contribution in [0.15, 0.2) is 27.7 Å². The Morgan fingerprint density at radius 2 is 2.10 bits per heavy atom. The Morgan fingerprint density at radius 1 is 1.33 bits per heavy atom. The molecule has 1 aliphatic heterocycles. The number of aryl methyl sites for hydroxylation is 1. The van der Waals surface area contributed by atoms with Gasteiger partial charge in [0.05, 0.1) is 12.3 Å². The van der Waals surface area contributed by atoms with Crippen molar-refractivity contribution in [2.45, 2.75) is 44.3 Å². The number of aromatic nitrogens is 4. The number of sulfonamides is 1. The Labute approximate surface area is 169 Å². The molecule has 1 aliphatic rings.